The lowest BCUT2D eigenvalue weighted by atomic mass is 10.1. The highest BCUT2D eigenvalue weighted by Gasteiger charge is 2.29. The zero-order valence-corrected chi connectivity index (χ0v) is 10.0. The number of benzene rings is 1. The number of aliphatic hydroxyl groups excluding tert-OH is 1. The highest BCUT2D eigenvalue weighted by atomic mass is 16.5. The first-order valence-electron chi connectivity index (χ1n) is 5.96. The lowest BCUT2D eigenvalue weighted by molar-refractivity contribution is 0.148. The number of nitrogens with one attached hydrogen (secondary N) is 1. The molecule has 1 unspecified atom stereocenters. The summed E-state index contributed by atoms with van der Waals surface area (Å²) in [5.41, 5.74) is 0.785. The van der Waals surface area contributed by atoms with E-state index >= 15 is 0 Å². The van der Waals surface area contributed by atoms with Crippen molar-refractivity contribution >= 4 is 0 Å². The number of hydrogen-bond acceptors (Lipinski definition) is 4. The summed E-state index contributed by atoms with van der Waals surface area (Å²) in [6, 6.07) is 5.40. The molecule has 1 atom stereocenters. The van der Waals surface area contributed by atoms with E-state index < -0.39 is 0 Å². The summed E-state index contributed by atoms with van der Waals surface area (Å²) in [6.45, 7) is 1.11. The third-order valence-corrected chi connectivity index (χ3v) is 3.14. The summed E-state index contributed by atoms with van der Waals surface area (Å²) in [5, 5.41) is 22.7. The molecule has 0 bridgehead atoms. The normalized spacial score (nSPS) is 16.8. The van der Waals surface area contributed by atoms with Gasteiger partial charge in [-0.25, -0.2) is 0 Å². The molecule has 2 rings (SSSR count). The average Bonchev–Trinajstić information content (AvgIpc) is 3.15. The molecule has 0 aromatic heterocycles. The Balaban J connectivity index is 1.85. The summed E-state index contributed by atoms with van der Waals surface area (Å²) in [6.07, 6.45) is 2.00. The van der Waals surface area contributed by atoms with Crippen molar-refractivity contribution in [1.82, 2.24) is 5.32 Å². The van der Waals surface area contributed by atoms with Gasteiger partial charge < -0.3 is 20.3 Å². The van der Waals surface area contributed by atoms with E-state index in [2.05, 4.69) is 5.32 Å². The van der Waals surface area contributed by atoms with Gasteiger partial charge in [0.15, 0.2) is 11.5 Å². The van der Waals surface area contributed by atoms with Gasteiger partial charge in [0.05, 0.1) is 13.2 Å². The van der Waals surface area contributed by atoms with Crippen molar-refractivity contribution in [3.63, 3.8) is 0 Å². The third-order valence-electron chi connectivity index (χ3n) is 3.14. The first kappa shape index (κ1) is 12.2. The molecule has 0 spiro atoms. The number of phenolic OH excluding ortho intramolecular Hbond substituents is 1. The molecule has 0 aliphatic heterocycles. The number of ether oxygens (including phenoxy) is 1. The second-order valence-electron chi connectivity index (χ2n) is 4.50. The first-order valence-corrected chi connectivity index (χ1v) is 5.96. The molecule has 1 fully saturated rings. The van der Waals surface area contributed by atoms with E-state index in [-0.39, 0.29) is 11.9 Å². The van der Waals surface area contributed by atoms with Crippen LogP contribution in [0.3, 0.4) is 0 Å². The van der Waals surface area contributed by atoms with Crippen LogP contribution in [0.1, 0.15) is 18.4 Å². The number of aliphatic hydroxyl groups is 1. The molecule has 1 aromatic carbocycles. The van der Waals surface area contributed by atoms with Crippen molar-refractivity contribution in [3.05, 3.63) is 23.8 Å². The Hall–Kier alpha value is -1.26. The van der Waals surface area contributed by atoms with Crippen LogP contribution in [0.4, 0.5) is 0 Å². The minimum absolute atomic E-state index is 0.170. The van der Waals surface area contributed by atoms with Crippen molar-refractivity contribution in [2.75, 3.05) is 13.7 Å². The van der Waals surface area contributed by atoms with E-state index in [1.54, 1.807) is 6.07 Å². The Morgan fingerprint density at radius 1 is 1.47 bits per heavy atom. The maximum absolute atomic E-state index is 9.85. The summed E-state index contributed by atoms with van der Waals surface area (Å²) >= 11 is 0. The van der Waals surface area contributed by atoms with Gasteiger partial charge in [-0.2, -0.15) is 0 Å². The second kappa shape index (κ2) is 5.38. The summed E-state index contributed by atoms with van der Waals surface area (Å²) in [5.74, 6) is 1.12. The van der Waals surface area contributed by atoms with E-state index in [0.717, 1.165) is 18.4 Å². The van der Waals surface area contributed by atoms with Gasteiger partial charge in [0.2, 0.25) is 0 Å². The Morgan fingerprint density at radius 2 is 2.24 bits per heavy atom. The predicted octanol–water partition coefficient (Wildman–Crippen LogP) is 1.26. The fourth-order valence-electron chi connectivity index (χ4n) is 1.88. The Bertz CT molecular complexity index is 377. The van der Waals surface area contributed by atoms with Crippen LogP contribution in [0.25, 0.3) is 0 Å². The van der Waals surface area contributed by atoms with Crippen molar-refractivity contribution in [1.29, 1.82) is 0 Å². The fourth-order valence-corrected chi connectivity index (χ4v) is 1.88. The van der Waals surface area contributed by atoms with Crippen LogP contribution < -0.4 is 10.1 Å². The molecule has 17 heavy (non-hydrogen) atoms. The number of para-hydroxylation sites is 1. The number of methoxy groups -OCH3 is 1. The smallest absolute Gasteiger partial charge is 0.162 e. The van der Waals surface area contributed by atoms with Gasteiger partial charge in [-0.05, 0) is 24.8 Å². The standard InChI is InChI=1S/C13H19NO3/c1-17-12-4-2-3-10(13(12)16)7-14-8-11(15)9-5-6-9/h2-4,9,11,14-16H,5-8H2,1H3. The molecule has 0 radical (unpaired) electrons. The van der Waals surface area contributed by atoms with E-state index in [0.29, 0.717) is 24.8 Å². The number of hydrogen-bond donors (Lipinski definition) is 3. The van der Waals surface area contributed by atoms with Crippen LogP contribution in [0, 0.1) is 5.92 Å². The van der Waals surface area contributed by atoms with E-state index in [1.165, 1.54) is 7.11 Å². The van der Waals surface area contributed by atoms with Crippen LogP contribution >= 0.6 is 0 Å². The van der Waals surface area contributed by atoms with Gasteiger partial charge in [0, 0.05) is 18.7 Å². The molecule has 0 saturated heterocycles. The zero-order chi connectivity index (χ0) is 12.3. The van der Waals surface area contributed by atoms with E-state index in [4.69, 9.17) is 4.74 Å². The fraction of sp³-hybridized carbons (Fsp3) is 0.538. The van der Waals surface area contributed by atoms with Crippen molar-refractivity contribution in [2.45, 2.75) is 25.5 Å². The summed E-state index contributed by atoms with van der Waals surface area (Å²) < 4.78 is 5.03. The van der Waals surface area contributed by atoms with Crippen molar-refractivity contribution in [3.8, 4) is 11.5 Å². The third kappa shape index (κ3) is 3.11. The van der Waals surface area contributed by atoms with Crippen LogP contribution in [-0.4, -0.2) is 30.0 Å². The Morgan fingerprint density at radius 3 is 2.88 bits per heavy atom. The average molecular weight is 237 g/mol. The molecule has 1 aliphatic carbocycles. The highest BCUT2D eigenvalue weighted by molar-refractivity contribution is 5.45. The SMILES string of the molecule is COc1cccc(CNCC(O)C2CC2)c1O. The molecule has 4 nitrogen and oxygen atoms in total. The van der Waals surface area contributed by atoms with Gasteiger partial charge in [-0.15, -0.1) is 0 Å². The predicted molar refractivity (Wildman–Crippen MR) is 65.1 cm³/mol. The second-order valence-corrected chi connectivity index (χ2v) is 4.50. The number of phenols is 1. The lowest BCUT2D eigenvalue weighted by Gasteiger charge is -2.12. The topological polar surface area (TPSA) is 61.7 Å². The van der Waals surface area contributed by atoms with Gasteiger partial charge in [-0.3, -0.25) is 0 Å². The molecule has 94 valence electrons. The van der Waals surface area contributed by atoms with Gasteiger partial charge in [0.25, 0.3) is 0 Å². The van der Waals surface area contributed by atoms with Crippen molar-refractivity contribution < 1.29 is 14.9 Å². The van der Waals surface area contributed by atoms with Crippen LogP contribution in [0.15, 0.2) is 18.2 Å². The maximum Gasteiger partial charge on any atom is 0.162 e. The molecular weight excluding hydrogens is 218 g/mol. The molecule has 1 aliphatic rings. The van der Waals surface area contributed by atoms with Crippen LogP contribution in [-0.2, 0) is 6.54 Å². The minimum atomic E-state index is -0.261. The Labute approximate surface area is 101 Å². The van der Waals surface area contributed by atoms with Gasteiger partial charge in [0.1, 0.15) is 0 Å². The van der Waals surface area contributed by atoms with Crippen LogP contribution in [0.5, 0.6) is 11.5 Å². The molecule has 3 N–H and O–H groups in total. The monoisotopic (exact) mass is 237 g/mol. The molecule has 1 saturated carbocycles. The number of rotatable bonds is 6. The first-order chi connectivity index (χ1) is 8.22. The number of aromatic hydroxyl groups is 1. The Kier molecular flexibility index (Phi) is 3.86. The zero-order valence-electron chi connectivity index (χ0n) is 10.0. The molecule has 1 aromatic rings. The largest absolute Gasteiger partial charge is 0.504 e. The quantitative estimate of drug-likeness (QED) is 0.697. The molecular formula is C13H19NO3. The minimum Gasteiger partial charge on any atom is -0.504 e. The van der Waals surface area contributed by atoms with Gasteiger partial charge in [-0.1, -0.05) is 12.1 Å². The molecule has 4 heteroatoms. The lowest BCUT2D eigenvalue weighted by Crippen LogP contribution is -2.27. The summed E-state index contributed by atoms with van der Waals surface area (Å²) in [4.78, 5) is 0. The van der Waals surface area contributed by atoms with Crippen molar-refractivity contribution in [2.24, 2.45) is 5.92 Å². The van der Waals surface area contributed by atoms with E-state index in [1.807, 2.05) is 12.1 Å². The highest BCUT2D eigenvalue weighted by Crippen LogP contribution is 2.32. The molecule has 0 heterocycles. The van der Waals surface area contributed by atoms with Crippen LogP contribution in [0.2, 0.25) is 0 Å². The molecule has 0 amide bonds. The van der Waals surface area contributed by atoms with E-state index in [9.17, 15) is 10.2 Å². The summed E-state index contributed by atoms with van der Waals surface area (Å²) in [7, 11) is 1.53. The maximum atomic E-state index is 9.85. The van der Waals surface area contributed by atoms with Gasteiger partial charge >= 0.3 is 0 Å².